The molecule has 0 spiro atoms. The lowest BCUT2D eigenvalue weighted by molar-refractivity contribution is 0.0610. The molecule has 12 heterocycles. The molecule has 4 aromatic carbocycles. The fraction of sp³-hybridized carbons (Fsp3) is 0.269. The van der Waals surface area contributed by atoms with Crippen molar-refractivity contribution in [3.05, 3.63) is 265 Å². The highest BCUT2D eigenvalue weighted by atomic mass is 32.2. The Morgan fingerprint density at radius 1 is 0.322 bits per heavy atom. The minimum Gasteiger partial charge on any atom is -0.480 e. The van der Waals surface area contributed by atoms with Crippen molar-refractivity contribution in [3.8, 4) is 116 Å². The molecule has 149 heavy (non-hydrogen) atoms. The topological polar surface area (TPSA) is 434 Å². The van der Waals surface area contributed by atoms with E-state index in [9.17, 15) is 74.6 Å². The zero-order chi connectivity index (χ0) is 105. The highest BCUT2D eigenvalue weighted by molar-refractivity contribution is 7.93. The van der Waals surface area contributed by atoms with Gasteiger partial charge in [0.25, 0.3) is 40.1 Å². The molecule has 4 aliphatic rings. The van der Waals surface area contributed by atoms with Crippen LogP contribution in [0.2, 0.25) is 0 Å². The van der Waals surface area contributed by atoms with E-state index in [2.05, 4.69) is 135 Å². The van der Waals surface area contributed by atoms with Crippen LogP contribution in [-0.2, 0) is 40.1 Å². The number of hydrogen-bond donors (Lipinski definition) is 6. The Bertz CT molecular complexity index is 8610. The molecular weight excluding hydrogens is 2010 g/mol. The number of aromatic nitrogens is 16. The molecule has 45 heteroatoms. The van der Waals surface area contributed by atoms with Crippen LogP contribution in [-0.4, -0.2) is 162 Å². The lowest BCUT2D eigenvalue weighted by Gasteiger charge is -2.26. The van der Waals surface area contributed by atoms with Gasteiger partial charge in [0.15, 0.2) is 22.6 Å². The number of methoxy groups -OCH3 is 4. The van der Waals surface area contributed by atoms with Gasteiger partial charge in [0.2, 0.25) is 23.5 Å². The number of nitrogens with zero attached hydrogens (tertiary/aromatic N) is 16. The number of nitrogens with one attached hydrogen (secondary N) is 4. The molecule has 4 atom stereocenters. The first kappa shape index (κ1) is 104. The number of sulfonamides is 4. The third-order valence-corrected chi connectivity index (χ3v) is 30.7. The van der Waals surface area contributed by atoms with E-state index in [1.54, 1.807) is 88.5 Å². The number of ether oxygens (including phenoxy) is 4. The van der Waals surface area contributed by atoms with Crippen molar-refractivity contribution in [2.45, 2.75) is 147 Å². The van der Waals surface area contributed by atoms with Crippen molar-refractivity contribution in [2.75, 3.05) is 47.3 Å². The predicted octanol–water partition coefficient (Wildman–Crippen LogP) is 17.0. The molecule has 12 aromatic heterocycles. The van der Waals surface area contributed by atoms with E-state index in [4.69, 9.17) is 24.0 Å². The van der Waals surface area contributed by atoms with Crippen LogP contribution in [0, 0.1) is 112 Å². The Balaban J connectivity index is 0.000000135. The third kappa shape index (κ3) is 24.2. The monoisotopic (exact) mass is 2110 g/mol. The predicted molar refractivity (Wildman–Crippen MR) is 536 cm³/mol. The third-order valence-electron chi connectivity index (χ3n) is 25.2. The van der Waals surface area contributed by atoms with Gasteiger partial charge >= 0.3 is 0 Å². The first-order chi connectivity index (χ1) is 71.4. The van der Waals surface area contributed by atoms with Crippen LogP contribution >= 0.6 is 0 Å². The normalized spacial score (nSPS) is 16.2. The molecule has 4 saturated carbocycles. The summed E-state index contributed by atoms with van der Waals surface area (Å²) in [6.45, 7) is 4.46. The number of fused-ring (bicyclic) bond motifs is 4. The number of pyridine rings is 4. The minimum absolute atomic E-state index is 0.0317. The maximum absolute atomic E-state index is 14.2. The smallest absolute Gasteiger partial charge is 0.264 e. The molecule has 0 saturated heterocycles. The SMILES string of the molecule is COc1ncc(-c2ccc3ncc(C#CC4(O)CCCC4)n3n2)cc1NS(=O)(=O)c1ccc(F)cc1F.COc1ncc(-c2ccc3ncc(C#CC4(O)CCCCC4)n3n2)cc1NS(=O)(=O)c1ccc(F)cc1F.COc1ncc(-c2ccc3ncc(C#CC4CCCC4C)n3n2)cc1NS(=O)(=O)c1ccc(F)cc1F.COc1ncc(-c2ccc3ncc(C#CC4CCCCC4C)n3n2)cc1NS(=O)(=O)c1ccc(F)cc1. The quantitative estimate of drug-likeness (QED) is 0.0305. The number of benzene rings is 4. The highest BCUT2D eigenvalue weighted by Crippen LogP contribution is 2.39. The standard InChI is InChI=1S/C27H26FN5O3S.C26H23F2N5O4S.C26H23F2N5O3S.C25H21F2N5O4S/c1-18-5-3-4-6-19(18)7-10-22-17-29-26-14-13-24(31-33(22)26)20-15-25(27(36-2)30-16-20)32-37(34,35)23-11-8-21(28)9-12-23;1-37-25-22(32-38(35,36)23-7-5-18(27)14-20(23)28)13-17(15-30-25)21-6-8-24-29-16-19(33(24)31-21)9-12-26(34)10-3-2-4-11-26;1-16-4-3-5-17(16)6-8-20-15-29-25-11-9-22(31-33(20)25)18-12-23(26(36-2)30-14-18)32-37(34,35)24-10-7-19(27)13-21(24)28;1-36-24-21(31-37(34,35)22-6-4-17(26)13-19(22)27)12-16(14-29-24)20-5-7-23-28-15-18(32(23)30-20)8-11-25(33)9-2-3-10-25/h8-9,11-19,32H,3-6H2,1-2H3;5-8,13-16,32,34H,2-4,10-11H2,1H3;7,9-17,32H,3-5H2,1-2H3;4-7,12-15,31,33H,2-3,9-10H2,1H3. The maximum atomic E-state index is 14.2. The molecule has 4 aliphatic carbocycles. The van der Waals surface area contributed by atoms with E-state index in [0.717, 1.165) is 93.5 Å². The molecule has 16 aromatic rings. The van der Waals surface area contributed by atoms with Crippen molar-refractivity contribution >= 4 is 85.4 Å². The molecule has 0 aliphatic heterocycles. The second-order valence-electron chi connectivity index (χ2n) is 35.5. The average molecular weight is 2110 g/mol. The van der Waals surface area contributed by atoms with E-state index in [-0.39, 0.29) is 51.2 Å². The Morgan fingerprint density at radius 2 is 0.604 bits per heavy atom. The summed E-state index contributed by atoms with van der Waals surface area (Å²) in [7, 11) is -12.0. The van der Waals surface area contributed by atoms with Gasteiger partial charge in [0.1, 0.15) is 112 Å². The van der Waals surface area contributed by atoms with Gasteiger partial charge in [-0.15, -0.1) is 0 Å². The Morgan fingerprint density at radius 3 is 0.906 bits per heavy atom. The molecule has 4 fully saturated rings. The second kappa shape index (κ2) is 44.2. The first-order valence-corrected chi connectivity index (χ1v) is 52.7. The number of rotatable bonds is 20. The van der Waals surface area contributed by atoms with E-state index in [1.165, 1.54) is 118 Å². The number of halogens is 7. The maximum Gasteiger partial charge on any atom is 0.264 e. The summed E-state index contributed by atoms with van der Waals surface area (Å²) in [4.78, 5) is 31.9. The van der Waals surface area contributed by atoms with Gasteiger partial charge in [-0.1, -0.05) is 63.2 Å². The molecular formula is C104H93F7N20O14S4. The van der Waals surface area contributed by atoms with Crippen LogP contribution in [0.4, 0.5) is 53.5 Å². The van der Waals surface area contributed by atoms with Gasteiger partial charge in [0, 0.05) is 77.1 Å². The van der Waals surface area contributed by atoms with Crippen molar-refractivity contribution in [1.29, 1.82) is 0 Å². The first-order valence-electron chi connectivity index (χ1n) is 46.8. The molecule has 0 radical (unpaired) electrons. The molecule has 766 valence electrons. The second-order valence-corrected chi connectivity index (χ2v) is 42.1. The number of anilines is 4. The van der Waals surface area contributed by atoms with Crippen molar-refractivity contribution < 1.29 is 93.6 Å². The van der Waals surface area contributed by atoms with E-state index in [0.29, 0.717) is 158 Å². The fourth-order valence-corrected chi connectivity index (χ4v) is 21.6. The van der Waals surface area contributed by atoms with Crippen molar-refractivity contribution in [2.24, 2.45) is 23.7 Å². The Kier molecular flexibility index (Phi) is 30.9. The van der Waals surface area contributed by atoms with Crippen LogP contribution < -0.4 is 37.8 Å². The molecule has 20 rings (SSSR count). The van der Waals surface area contributed by atoms with Gasteiger partial charge in [-0.25, -0.2) is 122 Å². The van der Waals surface area contributed by atoms with Crippen LogP contribution in [0.25, 0.3) is 67.6 Å². The minimum atomic E-state index is -4.44. The molecule has 4 unspecified atom stereocenters. The van der Waals surface area contributed by atoms with Gasteiger partial charge < -0.3 is 29.2 Å². The lowest BCUT2D eigenvalue weighted by atomic mass is 9.81. The summed E-state index contributed by atoms with van der Waals surface area (Å²) in [6.07, 6.45) is 27.9. The summed E-state index contributed by atoms with van der Waals surface area (Å²) >= 11 is 0. The molecule has 6 N–H and O–H groups in total. The zero-order valence-electron chi connectivity index (χ0n) is 80.4. The summed E-state index contributed by atoms with van der Waals surface area (Å²) in [6, 6.07) is 30.9. The lowest BCUT2D eigenvalue weighted by Crippen LogP contribution is -2.29. The Hall–Kier alpha value is -16.2. The van der Waals surface area contributed by atoms with E-state index >= 15 is 0 Å². The molecule has 0 bridgehead atoms. The van der Waals surface area contributed by atoms with Crippen LogP contribution in [0.15, 0.2) is 221 Å². The number of aliphatic hydroxyl groups is 2. The van der Waals surface area contributed by atoms with Gasteiger partial charge in [0.05, 0.1) is 80.9 Å². The van der Waals surface area contributed by atoms with Gasteiger partial charge in [-0.3, -0.25) is 18.9 Å². The summed E-state index contributed by atoms with van der Waals surface area (Å²) in [5.74, 6) is 20.0. The number of hydrogen-bond acceptors (Lipinski definition) is 26. The molecule has 0 amide bonds. The zero-order valence-corrected chi connectivity index (χ0v) is 83.7. The fourth-order valence-electron chi connectivity index (χ4n) is 17.2. The Labute approximate surface area is 851 Å². The largest absolute Gasteiger partial charge is 0.480 e. The van der Waals surface area contributed by atoms with Gasteiger partial charge in [-0.2, -0.15) is 20.4 Å². The van der Waals surface area contributed by atoms with E-state index < -0.39 is 107 Å². The van der Waals surface area contributed by atoms with Crippen LogP contribution in [0.5, 0.6) is 23.5 Å². The highest BCUT2D eigenvalue weighted by Gasteiger charge is 2.33. The van der Waals surface area contributed by atoms with E-state index in [1.807, 2.05) is 6.07 Å². The van der Waals surface area contributed by atoms with Crippen LogP contribution in [0.3, 0.4) is 0 Å². The van der Waals surface area contributed by atoms with Crippen molar-refractivity contribution in [3.63, 3.8) is 0 Å². The number of imidazole rings is 4. The summed E-state index contributed by atoms with van der Waals surface area (Å²) < 4.78 is 235. The summed E-state index contributed by atoms with van der Waals surface area (Å²) in [5.41, 5.74) is 6.26. The average Bonchev–Trinajstić information content (AvgIpc) is 1.77. The van der Waals surface area contributed by atoms with Crippen molar-refractivity contribution in [1.82, 2.24) is 78.3 Å². The molecule has 34 nitrogen and oxygen atoms in total. The summed E-state index contributed by atoms with van der Waals surface area (Å²) in [5, 5.41) is 39.7. The van der Waals surface area contributed by atoms with Crippen LogP contribution in [0.1, 0.15) is 139 Å². The van der Waals surface area contributed by atoms with Gasteiger partial charge in [-0.05, 0) is 246 Å².